The molecule has 0 aliphatic carbocycles. The molecule has 0 atom stereocenters. The third kappa shape index (κ3) is 2.58. The molecule has 1 heterocycles. The predicted octanol–water partition coefficient (Wildman–Crippen LogP) is 4.25. The SMILES string of the molecule is CCc1ccc(-c2cc(C(=O)OC)c3ccccc3n2)cc1. The van der Waals surface area contributed by atoms with Crippen molar-refractivity contribution in [2.45, 2.75) is 13.3 Å². The van der Waals surface area contributed by atoms with Crippen molar-refractivity contribution < 1.29 is 9.53 Å². The minimum atomic E-state index is -0.343. The van der Waals surface area contributed by atoms with Crippen molar-refractivity contribution in [1.82, 2.24) is 4.98 Å². The number of rotatable bonds is 3. The molecule has 0 radical (unpaired) electrons. The van der Waals surface area contributed by atoms with Gasteiger partial charge >= 0.3 is 5.97 Å². The number of aryl methyl sites for hydroxylation is 1. The van der Waals surface area contributed by atoms with Crippen LogP contribution in [0.3, 0.4) is 0 Å². The lowest BCUT2D eigenvalue weighted by Gasteiger charge is -2.09. The number of para-hydroxylation sites is 1. The van der Waals surface area contributed by atoms with Gasteiger partial charge in [0.2, 0.25) is 0 Å². The van der Waals surface area contributed by atoms with Gasteiger partial charge in [0.1, 0.15) is 0 Å². The van der Waals surface area contributed by atoms with Gasteiger partial charge in [-0.25, -0.2) is 9.78 Å². The van der Waals surface area contributed by atoms with E-state index in [2.05, 4.69) is 24.0 Å². The largest absolute Gasteiger partial charge is 0.465 e. The molecule has 0 unspecified atom stereocenters. The maximum Gasteiger partial charge on any atom is 0.338 e. The Kier molecular flexibility index (Phi) is 3.88. The van der Waals surface area contributed by atoms with Crippen molar-refractivity contribution >= 4 is 16.9 Å². The van der Waals surface area contributed by atoms with Crippen LogP contribution in [0.15, 0.2) is 54.6 Å². The Labute approximate surface area is 129 Å². The van der Waals surface area contributed by atoms with E-state index in [-0.39, 0.29) is 5.97 Å². The Morgan fingerprint density at radius 3 is 2.50 bits per heavy atom. The highest BCUT2D eigenvalue weighted by atomic mass is 16.5. The molecule has 22 heavy (non-hydrogen) atoms. The first-order valence-electron chi connectivity index (χ1n) is 7.30. The summed E-state index contributed by atoms with van der Waals surface area (Å²) in [5.41, 5.74) is 4.38. The van der Waals surface area contributed by atoms with Crippen LogP contribution in [0.4, 0.5) is 0 Å². The van der Waals surface area contributed by atoms with Crippen LogP contribution in [-0.4, -0.2) is 18.1 Å². The standard InChI is InChI=1S/C19H17NO2/c1-3-13-8-10-14(11-9-13)18-12-16(19(21)22-2)15-6-4-5-7-17(15)20-18/h4-12H,3H2,1-2H3. The van der Waals surface area contributed by atoms with E-state index in [9.17, 15) is 4.79 Å². The molecule has 3 nitrogen and oxygen atoms in total. The third-order valence-electron chi connectivity index (χ3n) is 3.78. The van der Waals surface area contributed by atoms with Crippen LogP contribution in [0.1, 0.15) is 22.8 Å². The van der Waals surface area contributed by atoms with Gasteiger partial charge in [0.05, 0.1) is 23.9 Å². The van der Waals surface area contributed by atoms with E-state index >= 15 is 0 Å². The van der Waals surface area contributed by atoms with Crippen LogP contribution in [0.25, 0.3) is 22.2 Å². The minimum Gasteiger partial charge on any atom is -0.465 e. The van der Waals surface area contributed by atoms with Crippen LogP contribution >= 0.6 is 0 Å². The normalized spacial score (nSPS) is 10.6. The number of benzene rings is 2. The van der Waals surface area contributed by atoms with Gasteiger partial charge in [0.15, 0.2) is 0 Å². The number of hydrogen-bond acceptors (Lipinski definition) is 3. The van der Waals surface area contributed by atoms with E-state index < -0.39 is 0 Å². The van der Waals surface area contributed by atoms with Gasteiger partial charge in [0.25, 0.3) is 0 Å². The zero-order valence-corrected chi connectivity index (χ0v) is 12.7. The van der Waals surface area contributed by atoms with E-state index in [4.69, 9.17) is 4.74 Å². The number of methoxy groups -OCH3 is 1. The van der Waals surface area contributed by atoms with Crippen molar-refractivity contribution in [2.24, 2.45) is 0 Å². The number of ether oxygens (including phenoxy) is 1. The third-order valence-corrected chi connectivity index (χ3v) is 3.78. The van der Waals surface area contributed by atoms with Gasteiger partial charge in [-0.2, -0.15) is 0 Å². The molecule has 0 aliphatic rings. The van der Waals surface area contributed by atoms with Gasteiger partial charge < -0.3 is 4.74 Å². The molecule has 3 rings (SSSR count). The molecule has 0 saturated carbocycles. The summed E-state index contributed by atoms with van der Waals surface area (Å²) in [5, 5.41) is 0.809. The molecular formula is C19H17NO2. The highest BCUT2D eigenvalue weighted by Gasteiger charge is 2.13. The summed E-state index contributed by atoms with van der Waals surface area (Å²) in [6.45, 7) is 2.12. The molecule has 0 amide bonds. The quantitative estimate of drug-likeness (QED) is 0.677. The summed E-state index contributed by atoms with van der Waals surface area (Å²) in [7, 11) is 1.40. The smallest absolute Gasteiger partial charge is 0.338 e. The minimum absolute atomic E-state index is 0.343. The molecule has 1 aromatic heterocycles. The molecular weight excluding hydrogens is 274 g/mol. The molecule has 0 N–H and O–H groups in total. The highest BCUT2D eigenvalue weighted by Crippen LogP contribution is 2.25. The second-order valence-corrected chi connectivity index (χ2v) is 5.11. The Hall–Kier alpha value is -2.68. The lowest BCUT2D eigenvalue weighted by Crippen LogP contribution is -2.03. The molecule has 0 fully saturated rings. The summed E-state index contributed by atoms with van der Waals surface area (Å²) < 4.78 is 4.91. The first kappa shape index (κ1) is 14.3. The van der Waals surface area contributed by atoms with E-state index in [0.29, 0.717) is 5.56 Å². The summed E-state index contributed by atoms with van der Waals surface area (Å²) in [4.78, 5) is 16.7. The average molecular weight is 291 g/mol. The Balaban J connectivity index is 2.19. The van der Waals surface area contributed by atoms with Gasteiger partial charge in [-0.1, -0.05) is 49.4 Å². The number of fused-ring (bicyclic) bond motifs is 1. The number of aromatic nitrogens is 1. The maximum atomic E-state index is 12.1. The van der Waals surface area contributed by atoms with E-state index in [1.165, 1.54) is 12.7 Å². The van der Waals surface area contributed by atoms with E-state index in [0.717, 1.165) is 28.6 Å². The number of esters is 1. The number of carbonyl (C=O) groups is 1. The van der Waals surface area contributed by atoms with Crippen molar-refractivity contribution in [2.75, 3.05) is 7.11 Å². The molecule has 3 heteroatoms. The predicted molar refractivity (Wildman–Crippen MR) is 87.9 cm³/mol. The summed E-state index contributed by atoms with van der Waals surface area (Å²) in [5.74, 6) is -0.343. The lowest BCUT2D eigenvalue weighted by atomic mass is 10.0. The fourth-order valence-electron chi connectivity index (χ4n) is 2.51. The molecule has 110 valence electrons. The van der Waals surface area contributed by atoms with E-state index in [1.807, 2.05) is 36.4 Å². The van der Waals surface area contributed by atoms with Crippen LogP contribution in [0.2, 0.25) is 0 Å². The first-order valence-corrected chi connectivity index (χ1v) is 7.30. The number of hydrogen-bond donors (Lipinski definition) is 0. The van der Waals surface area contributed by atoms with Crippen LogP contribution in [-0.2, 0) is 11.2 Å². The topological polar surface area (TPSA) is 39.2 Å². The number of carbonyl (C=O) groups excluding carboxylic acids is 1. The Bertz CT molecular complexity index is 822. The Morgan fingerprint density at radius 1 is 1.09 bits per heavy atom. The monoisotopic (exact) mass is 291 g/mol. The van der Waals surface area contributed by atoms with Gasteiger partial charge in [-0.3, -0.25) is 0 Å². The fourth-order valence-corrected chi connectivity index (χ4v) is 2.51. The molecule has 0 bridgehead atoms. The average Bonchev–Trinajstić information content (AvgIpc) is 2.60. The number of nitrogens with zero attached hydrogens (tertiary/aromatic N) is 1. The van der Waals surface area contributed by atoms with Gasteiger partial charge in [-0.05, 0) is 24.1 Å². The second-order valence-electron chi connectivity index (χ2n) is 5.11. The number of pyridine rings is 1. The molecule has 0 spiro atoms. The van der Waals surface area contributed by atoms with Crippen LogP contribution in [0, 0.1) is 0 Å². The van der Waals surface area contributed by atoms with E-state index in [1.54, 1.807) is 6.07 Å². The molecule has 2 aromatic carbocycles. The summed E-state index contributed by atoms with van der Waals surface area (Å²) >= 11 is 0. The van der Waals surface area contributed by atoms with Crippen molar-refractivity contribution in [3.8, 4) is 11.3 Å². The summed E-state index contributed by atoms with van der Waals surface area (Å²) in [6, 6.07) is 17.7. The molecule has 3 aromatic rings. The zero-order valence-electron chi connectivity index (χ0n) is 12.7. The van der Waals surface area contributed by atoms with Gasteiger partial charge in [-0.15, -0.1) is 0 Å². The van der Waals surface area contributed by atoms with Crippen LogP contribution in [0.5, 0.6) is 0 Å². The second kappa shape index (κ2) is 5.98. The lowest BCUT2D eigenvalue weighted by molar-refractivity contribution is 0.0603. The highest BCUT2D eigenvalue weighted by molar-refractivity contribution is 6.04. The van der Waals surface area contributed by atoms with Crippen molar-refractivity contribution in [1.29, 1.82) is 0 Å². The van der Waals surface area contributed by atoms with Crippen molar-refractivity contribution in [3.63, 3.8) is 0 Å². The van der Waals surface area contributed by atoms with Gasteiger partial charge in [0, 0.05) is 10.9 Å². The van der Waals surface area contributed by atoms with Crippen LogP contribution < -0.4 is 0 Å². The first-order chi connectivity index (χ1) is 10.7. The zero-order chi connectivity index (χ0) is 15.5. The van der Waals surface area contributed by atoms with Crippen molar-refractivity contribution in [3.05, 3.63) is 65.7 Å². The maximum absolute atomic E-state index is 12.1. The summed E-state index contributed by atoms with van der Waals surface area (Å²) in [6.07, 6.45) is 0.999. The fraction of sp³-hybridized carbons (Fsp3) is 0.158. The molecule has 0 aliphatic heterocycles. The Morgan fingerprint density at radius 2 is 1.82 bits per heavy atom. The molecule has 0 saturated heterocycles.